The summed E-state index contributed by atoms with van der Waals surface area (Å²) in [5.74, 6) is 2.35. The predicted molar refractivity (Wildman–Crippen MR) is 144 cm³/mol. The first-order valence-electron chi connectivity index (χ1n) is 12.6. The van der Waals surface area contributed by atoms with E-state index in [1.807, 2.05) is 16.9 Å². The fourth-order valence-corrected chi connectivity index (χ4v) is 5.22. The van der Waals surface area contributed by atoms with Crippen LogP contribution in [0.3, 0.4) is 0 Å². The van der Waals surface area contributed by atoms with Crippen molar-refractivity contribution in [1.29, 1.82) is 0 Å². The number of rotatable bonds is 7. The number of hydrogen-bond donors (Lipinski definition) is 1. The van der Waals surface area contributed by atoms with Gasteiger partial charge < -0.3 is 15.1 Å². The Hall–Kier alpha value is -3.22. The fourth-order valence-electron chi connectivity index (χ4n) is 5.22. The van der Waals surface area contributed by atoms with Crippen LogP contribution < -0.4 is 10.2 Å². The summed E-state index contributed by atoms with van der Waals surface area (Å²) in [6.07, 6.45) is 8.47. The second-order valence-electron chi connectivity index (χ2n) is 9.86. The number of likely N-dealkylation sites (tertiary alicyclic amines) is 1. The first kappa shape index (κ1) is 22.6. The molecule has 7 heteroatoms. The van der Waals surface area contributed by atoms with Gasteiger partial charge in [0.25, 0.3) is 0 Å². The zero-order chi connectivity index (χ0) is 23.7. The molecule has 0 saturated carbocycles. The first-order valence-corrected chi connectivity index (χ1v) is 12.6. The van der Waals surface area contributed by atoms with Crippen molar-refractivity contribution < 1.29 is 0 Å². The Labute approximate surface area is 203 Å². The molecule has 0 amide bonds. The van der Waals surface area contributed by atoms with E-state index >= 15 is 0 Å². The zero-order valence-corrected chi connectivity index (χ0v) is 20.5. The number of fused-ring (bicyclic) bond motifs is 1. The number of nitrogens with one attached hydrogen (secondary N) is 1. The summed E-state index contributed by atoms with van der Waals surface area (Å²) in [6, 6.07) is 10.9. The third kappa shape index (κ3) is 4.56. The van der Waals surface area contributed by atoms with Crippen LogP contribution in [0, 0.1) is 0 Å². The highest BCUT2D eigenvalue weighted by molar-refractivity contribution is 6.12. The molecule has 2 saturated heterocycles. The maximum Gasteiger partial charge on any atom is 0.166 e. The normalized spacial score (nSPS) is 19.0. The van der Waals surface area contributed by atoms with E-state index in [-0.39, 0.29) is 0 Å². The van der Waals surface area contributed by atoms with E-state index in [0.29, 0.717) is 11.7 Å². The Morgan fingerprint density at radius 2 is 1.85 bits per heavy atom. The molecule has 2 fully saturated rings. The minimum Gasteiger partial charge on any atom is -0.375 e. The van der Waals surface area contributed by atoms with Crippen LogP contribution in [-0.2, 0) is 0 Å². The van der Waals surface area contributed by atoms with E-state index in [0.717, 1.165) is 61.0 Å². The highest BCUT2D eigenvalue weighted by Crippen LogP contribution is 2.31. The molecule has 6 nitrogen and oxygen atoms in total. The van der Waals surface area contributed by atoms with Gasteiger partial charge in [-0.1, -0.05) is 38.0 Å². The van der Waals surface area contributed by atoms with Crippen molar-refractivity contribution in [3.63, 3.8) is 0 Å². The van der Waals surface area contributed by atoms with Gasteiger partial charge in [0, 0.05) is 49.5 Å². The number of benzene rings is 1. The molecule has 0 radical (unpaired) electrons. The lowest BCUT2D eigenvalue weighted by molar-refractivity contribution is 0.258. The van der Waals surface area contributed by atoms with Crippen molar-refractivity contribution in [2.75, 3.05) is 36.4 Å². The van der Waals surface area contributed by atoms with Crippen molar-refractivity contribution in [3.05, 3.63) is 72.7 Å². The summed E-state index contributed by atoms with van der Waals surface area (Å²) >= 11 is 0. The molecule has 5 rings (SSSR count). The standard InChI is InChI=1S/C27H35BN6/c1-4-19(2)32-13-9-22(10-14-32)21-5-7-24(8-6-21)30-20(3)25-17-29-34-16-12-26(31-27(25)34)33-15-11-23(28)18-33/h5-8,12,16-17,22-23,30H,2-4,9-11,13-15,18,28H2,1H3. The van der Waals surface area contributed by atoms with E-state index in [9.17, 15) is 0 Å². The molecule has 0 spiro atoms. The lowest BCUT2D eigenvalue weighted by atomic mass is 9.87. The van der Waals surface area contributed by atoms with Crippen LogP contribution in [0.4, 0.5) is 11.5 Å². The molecule has 0 aliphatic carbocycles. The average Bonchev–Trinajstić information content (AvgIpc) is 3.50. The second-order valence-corrected chi connectivity index (χ2v) is 9.86. The fraction of sp³-hybridized carbons (Fsp3) is 0.407. The van der Waals surface area contributed by atoms with Crippen molar-refractivity contribution in [2.45, 2.75) is 44.3 Å². The summed E-state index contributed by atoms with van der Waals surface area (Å²) in [4.78, 5) is 9.73. The van der Waals surface area contributed by atoms with Crippen molar-refractivity contribution >= 4 is 30.7 Å². The van der Waals surface area contributed by atoms with Gasteiger partial charge in [-0.05, 0) is 55.4 Å². The molecule has 2 aromatic heterocycles. The minimum atomic E-state index is 0.619. The Morgan fingerprint density at radius 1 is 1.09 bits per heavy atom. The second kappa shape index (κ2) is 9.57. The molecule has 1 aromatic carbocycles. The van der Waals surface area contributed by atoms with Crippen LogP contribution in [-0.4, -0.2) is 53.5 Å². The molecule has 2 aliphatic heterocycles. The highest BCUT2D eigenvalue weighted by Gasteiger charge is 2.22. The third-order valence-corrected chi connectivity index (χ3v) is 7.45. The van der Waals surface area contributed by atoms with Crippen LogP contribution in [0.1, 0.15) is 49.7 Å². The number of allylic oxidation sites excluding steroid dienone is 1. The molecule has 2 aliphatic rings. The van der Waals surface area contributed by atoms with Gasteiger partial charge in [-0.2, -0.15) is 5.10 Å². The van der Waals surface area contributed by atoms with Gasteiger partial charge in [0.05, 0.1) is 11.8 Å². The number of anilines is 2. The molecule has 4 heterocycles. The van der Waals surface area contributed by atoms with E-state index in [4.69, 9.17) is 4.98 Å². The number of hydrogen-bond acceptors (Lipinski definition) is 5. The summed E-state index contributed by atoms with van der Waals surface area (Å²) < 4.78 is 1.83. The van der Waals surface area contributed by atoms with Gasteiger partial charge in [-0.3, -0.25) is 0 Å². The van der Waals surface area contributed by atoms with Crippen LogP contribution in [0.2, 0.25) is 5.82 Å². The van der Waals surface area contributed by atoms with E-state index < -0.39 is 0 Å². The summed E-state index contributed by atoms with van der Waals surface area (Å²) in [5.41, 5.74) is 6.30. The smallest absolute Gasteiger partial charge is 0.166 e. The van der Waals surface area contributed by atoms with Gasteiger partial charge in [0.2, 0.25) is 0 Å². The molecular formula is C27H35BN6. The molecule has 0 bridgehead atoms. The molecule has 1 N–H and O–H groups in total. The third-order valence-electron chi connectivity index (χ3n) is 7.45. The predicted octanol–water partition coefficient (Wildman–Crippen LogP) is 4.55. The van der Waals surface area contributed by atoms with Crippen LogP contribution >= 0.6 is 0 Å². The molecule has 34 heavy (non-hydrogen) atoms. The van der Waals surface area contributed by atoms with Gasteiger partial charge in [-0.15, -0.1) is 0 Å². The quantitative estimate of drug-likeness (QED) is 0.531. The summed E-state index contributed by atoms with van der Waals surface area (Å²) in [6.45, 7) is 15.0. The van der Waals surface area contributed by atoms with Crippen molar-refractivity contribution in [1.82, 2.24) is 19.5 Å². The SMILES string of the molecule is BC1CCN(c2ccn3ncc(C(=C)Nc4ccc(C5CCN(C(=C)CC)CC5)cc4)c3n2)C1. The zero-order valence-electron chi connectivity index (χ0n) is 20.5. The van der Waals surface area contributed by atoms with E-state index in [2.05, 4.69) is 78.5 Å². The number of aromatic nitrogens is 3. The van der Waals surface area contributed by atoms with Gasteiger partial charge in [-0.25, -0.2) is 9.50 Å². The summed E-state index contributed by atoms with van der Waals surface area (Å²) in [5, 5.41) is 7.96. The first-order chi connectivity index (χ1) is 16.5. The maximum atomic E-state index is 4.93. The van der Waals surface area contributed by atoms with Crippen LogP contribution in [0.25, 0.3) is 11.3 Å². The van der Waals surface area contributed by atoms with Crippen LogP contribution in [0.15, 0.2) is 61.6 Å². The van der Waals surface area contributed by atoms with Gasteiger partial charge in [0.15, 0.2) is 5.65 Å². The number of nitrogens with zero attached hydrogens (tertiary/aromatic N) is 5. The van der Waals surface area contributed by atoms with Gasteiger partial charge in [0.1, 0.15) is 13.7 Å². The Kier molecular flexibility index (Phi) is 6.35. The topological polar surface area (TPSA) is 48.7 Å². The maximum absolute atomic E-state index is 4.93. The van der Waals surface area contributed by atoms with E-state index in [1.165, 1.54) is 30.5 Å². The van der Waals surface area contributed by atoms with Crippen LogP contribution in [0.5, 0.6) is 0 Å². The van der Waals surface area contributed by atoms with Gasteiger partial charge >= 0.3 is 0 Å². The monoisotopic (exact) mass is 454 g/mol. The van der Waals surface area contributed by atoms with E-state index in [1.54, 1.807) is 0 Å². The van der Waals surface area contributed by atoms with Crippen molar-refractivity contribution in [3.8, 4) is 0 Å². The Morgan fingerprint density at radius 3 is 2.53 bits per heavy atom. The largest absolute Gasteiger partial charge is 0.375 e. The minimum absolute atomic E-state index is 0.619. The highest BCUT2D eigenvalue weighted by atomic mass is 15.3. The average molecular weight is 454 g/mol. The van der Waals surface area contributed by atoms with Crippen molar-refractivity contribution in [2.24, 2.45) is 0 Å². The number of piperidine rings is 1. The Balaban J connectivity index is 1.25. The Bertz CT molecular complexity index is 1180. The lowest BCUT2D eigenvalue weighted by Crippen LogP contribution is -2.31. The lowest BCUT2D eigenvalue weighted by Gasteiger charge is -2.34. The molecule has 176 valence electrons. The summed E-state index contributed by atoms with van der Waals surface area (Å²) in [7, 11) is 2.30. The molecule has 3 aromatic rings. The molecule has 1 unspecified atom stereocenters. The molecular weight excluding hydrogens is 419 g/mol. The molecule has 1 atom stereocenters.